The molecule has 2 fully saturated rings. The second-order valence-corrected chi connectivity index (χ2v) is 10.3. The zero-order chi connectivity index (χ0) is 22.0. The predicted octanol–water partition coefficient (Wildman–Crippen LogP) is 2.40. The molecule has 0 radical (unpaired) electrons. The molecule has 1 unspecified atom stereocenters. The molecule has 4 heteroatoms. The first-order chi connectivity index (χ1) is 14.9. The summed E-state index contributed by atoms with van der Waals surface area (Å²) in [5.74, 6) is 0.188. The van der Waals surface area contributed by atoms with E-state index in [1.807, 2.05) is 26.2 Å². The molecule has 32 heavy (non-hydrogen) atoms. The molecule has 1 saturated carbocycles. The van der Waals surface area contributed by atoms with E-state index in [1.54, 1.807) is 4.90 Å². The zero-order valence-corrected chi connectivity index (χ0v) is 21.6. The summed E-state index contributed by atoms with van der Waals surface area (Å²) in [6, 6.07) is 21.0. The van der Waals surface area contributed by atoms with Crippen molar-refractivity contribution in [3.05, 3.63) is 71.8 Å². The molecule has 1 aliphatic heterocycles. The molecular weight excluding hydrogens is 460 g/mol. The average Bonchev–Trinajstić information content (AvgIpc) is 3.11. The van der Waals surface area contributed by atoms with Crippen LogP contribution >= 0.6 is 0 Å². The second-order valence-electron chi connectivity index (χ2n) is 10.3. The Morgan fingerprint density at radius 3 is 1.88 bits per heavy atom. The van der Waals surface area contributed by atoms with Crippen LogP contribution < -0.4 is 17.0 Å². The molecule has 4 rings (SSSR count). The SMILES string of the molecule is CN(C)C(=O)C(CC[N+]1(C)CCCC12CCCCC2)(c1ccccc1)c1ccccc1.[Br-]. The molecule has 2 aliphatic rings. The van der Waals surface area contributed by atoms with Crippen LogP contribution in [0.3, 0.4) is 0 Å². The maximum absolute atomic E-state index is 14.0. The van der Waals surface area contributed by atoms with Gasteiger partial charge in [-0.25, -0.2) is 0 Å². The van der Waals surface area contributed by atoms with E-state index < -0.39 is 5.41 Å². The Morgan fingerprint density at radius 1 is 0.875 bits per heavy atom. The van der Waals surface area contributed by atoms with Crippen molar-refractivity contribution in [2.45, 2.75) is 62.3 Å². The highest BCUT2D eigenvalue weighted by atomic mass is 79.9. The normalized spacial score (nSPS) is 22.3. The summed E-state index contributed by atoms with van der Waals surface area (Å²) in [5, 5.41) is 0. The van der Waals surface area contributed by atoms with Crippen LogP contribution in [0, 0.1) is 0 Å². The van der Waals surface area contributed by atoms with Crippen molar-refractivity contribution < 1.29 is 26.3 Å². The molecule has 174 valence electrons. The number of carbonyl (C=O) groups excluding carboxylic acids is 1. The quantitative estimate of drug-likeness (QED) is 0.560. The van der Waals surface area contributed by atoms with Gasteiger partial charge in [-0.3, -0.25) is 4.79 Å². The first-order valence-corrected chi connectivity index (χ1v) is 12.1. The van der Waals surface area contributed by atoms with Crippen molar-refractivity contribution in [1.29, 1.82) is 0 Å². The van der Waals surface area contributed by atoms with Crippen molar-refractivity contribution in [2.24, 2.45) is 0 Å². The maximum atomic E-state index is 14.0. The number of nitrogens with zero attached hydrogens (tertiary/aromatic N) is 2. The maximum Gasteiger partial charge on any atom is 0.237 e. The Bertz CT molecular complexity index is 837. The highest BCUT2D eigenvalue weighted by Gasteiger charge is 2.54. The lowest BCUT2D eigenvalue weighted by Crippen LogP contribution is -3.00. The number of carbonyl (C=O) groups is 1. The lowest BCUT2D eigenvalue weighted by Gasteiger charge is -2.50. The Labute approximate surface area is 205 Å². The Kier molecular flexibility index (Phi) is 7.88. The van der Waals surface area contributed by atoms with Crippen LogP contribution in [0.1, 0.15) is 62.5 Å². The molecular formula is C28H39BrN2O. The molecule has 0 aromatic heterocycles. The molecule has 0 N–H and O–H groups in total. The van der Waals surface area contributed by atoms with Crippen LogP contribution in [-0.4, -0.2) is 55.1 Å². The minimum atomic E-state index is -0.647. The summed E-state index contributed by atoms with van der Waals surface area (Å²) in [5.41, 5.74) is 2.01. The molecule has 1 heterocycles. The van der Waals surface area contributed by atoms with Crippen LogP contribution in [0.25, 0.3) is 0 Å². The van der Waals surface area contributed by atoms with Gasteiger partial charge in [0.2, 0.25) is 5.91 Å². The number of benzene rings is 2. The minimum Gasteiger partial charge on any atom is -1.00 e. The second kappa shape index (κ2) is 10.1. The number of hydrogen-bond donors (Lipinski definition) is 0. The van der Waals surface area contributed by atoms with Gasteiger partial charge in [0.15, 0.2) is 0 Å². The summed E-state index contributed by atoms with van der Waals surface area (Å²) < 4.78 is 1.13. The molecule has 1 spiro atoms. The lowest BCUT2D eigenvalue weighted by atomic mass is 9.70. The molecule has 0 bridgehead atoms. The van der Waals surface area contributed by atoms with E-state index in [1.165, 1.54) is 51.5 Å². The number of likely N-dealkylation sites (tertiary alicyclic amines) is 1. The van der Waals surface area contributed by atoms with E-state index in [9.17, 15) is 4.79 Å². The van der Waals surface area contributed by atoms with E-state index in [4.69, 9.17) is 0 Å². The van der Waals surface area contributed by atoms with Crippen LogP contribution in [0.4, 0.5) is 0 Å². The van der Waals surface area contributed by atoms with E-state index in [0.29, 0.717) is 5.54 Å². The molecule has 1 atom stereocenters. The van der Waals surface area contributed by atoms with E-state index in [2.05, 4.69) is 55.6 Å². The summed E-state index contributed by atoms with van der Waals surface area (Å²) in [7, 11) is 6.29. The van der Waals surface area contributed by atoms with E-state index in [0.717, 1.165) is 28.6 Å². The largest absolute Gasteiger partial charge is 1.00 e. The lowest BCUT2D eigenvalue weighted by molar-refractivity contribution is -0.948. The van der Waals surface area contributed by atoms with Gasteiger partial charge in [-0.1, -0.05) is 67.1 Å². The van der Waals surface area contributed by atoms with Gasteiger partial charge in [0.05, 0.1) is 25.7 Å². The van der Waals surface area contributed by atoms with Gasteiger partial charge < -0.3 is 26.4 Å². The highest BCUT2D eigenvalue weighted by molar-refractivity contribution is 5.91. The first-order valence-electron chi connectivity index (χ1n) is 12.1. The Hall–Kier alpha value is -1.65. The highest BCUT2D eigenvalue weighted by Crippen LogP contribution is 2.48. The van der Waals surface area contributed by atoms with E-state index in [-0.39, 0.29) is 22.9 Å². The van der Waals surface area contributed by atoms with Gasteiger partial charge in [0, 0.05) is 46.2 Å². The number of quaternary nitrogens is 1. The third kappa shape index (κ3) is 4.28. The van der Waals surface area contributed by atoms with Crippen molar-refractivity contribution >= 4 is 5.91 Å². The molecule has 3 nitrogen and oxygen atoms in total. The monoisotopic (exact) mass is 498 g/mol. The molecule has 1 aliphatic carbocycles. The van der Waals surface area contributed by atoms with Crippen molar-refractivity contribution in [3.8, 4) is 0 Å². The summed E-state index contributed by atoms with van der Waals surface area (Å²) in [4.78, 5) is 15.8. The fourth-order valence-electron chi connectivity index (χ4n) is 6.66. The average molecular weight is 500 g/mol. The number of halogens is 1. The van der Waals surface area contributed by atoms with Crippen molar-refractivity contribution in [2.75, 3.05) is 34.2 Å². The van der Waals surface area contributed by atoms with Gasteiger partial charge >= 0.3 is 0 Å². The smallest absolute Gasteiger partial charge is 0.237 e. The minimum absolute atomic E-state index is 0. The van der Waals surface area contributed by atoms with Gasteiger partial charge in [-0.15, -0.1) is 0 Å². The van der Waals surface area contributed by atoms with Gasteiger partial charge in [-0.05, 0) is 24.0 Å². The summed E-state index contributed by atoms with van der Waals surface area (Å²) in [6.45, 7) is 2.29. The first kappa shape index (κ1) is 25.0. The standard InChI is InChI=1S/C28H39N2O.BrH/c1-29(2)26(31)28(24-14-7-4-8-15-24,25-16-9-5-10-17-25)21-23-30(3)22-13-20-27(30)18-11-6-12-19-27;/h4-5,7-10,14-17H,6,11-13,18-23H2,1-3H3;1H/q+1;/p-1. The van der Waals surface area contributed by atoms with Gasteiger partial charge in [0.1, 0.15) is 5.41 Å². The Morgan fingerprint density at radius 2 is 1.38 bits per heavy atom. The fourth-order valence-corrected chi connectivity index (χ4v) is 6.66. The van der Waals surface area contributed by atoms with Gasteiger partial charge in [-0.2, -0.15) is 0 Å². The molecule has 1 amide bonds. The number of hydrogen-bond acceptors (Lipinski definition) is 1. The zero-order valence-electron chi connectivity index (χ0n) is 20.0. The van der Waals surface area contributed by atoms with Crippen LogP contribution in [0.2, 0.25) is 0 Å². The van der Waals surface area contributed by atoms with E-state index >= 15 is 0 Å². The summed E-state index contributed by atoms with van der Waals surface area (Å²) in [6.07, 6.45) is 10.4. The van der Waals surface area contributed by atoms with Crippen molar-refractivity contribution in [3.63, 3.8) is 0 Å². The fraction of sp³-hybridized carbons (Fsp3) is 0.536. The number of amides is 1. The molecule has 2 aromatic rings. The van der Waals surface area contributed by atoms with Crippen LogP contribution in [0.5, 0.6) is 0 Å². The van der Waals surface area contributed by atoms with Crippen LogP contribution in [0.15, 0.2) is 60.7 Å². The van der Waals surface area contributed by atoms with Gasteiger partial charge in [0.25, 0.3) is 0 Å². The topological polar surface area (TPSA) is 20.3 Å². The number of likely N-dealkylation sites (N-methyl/N-ethyl adjacent to an activating group) is 1. The third-order valence-electron chi connectivity index (χ3n) is 8.51. The summed E-state index contributed by atoms with van der Waals surface area (Å²) >= 11 is 0. The van der Waals surface area contributed by atoms with Crippen LogP contribution in [-0.2, 0) is 10.2 Å². The third-order valence-corrected chi connectivity index (χ3v) is 8.51. The van der Waals surface area contributed by atoms with Crippen molar-refractivity contribution in [1.82, 2.24) is 4.90 Å². The number of rotatable bonds is 6. The Balaban J connectivity index is 0.00000289. The molecule has 2 aromatic carbocycles. The predicted molar refractivity (Wildman–Crippen MR) is 128 cm³/mol. The molecule has 1 saturated heterocycles.